The lowest BCUT2D eigenvalue weighted by molar-refractivity contribution is 0.0699. The Morgan fingerprint density at radius 1 is 1.22 bits per heavy atom. The van der Waals surface area contributed by atoms with Crippen LogP contribution in [0.15, 0.2) is 30.5 Å². The van der Waals surface area contributed by atoms with Gasteiger partial charge in [0, 0.05) is 62.7 Å². The quantitative estimate of drug-likeness (QED) is 0.365. The maximum atomic E-state index is 12.6. The number of hydrogen-bond acceptors (Lipinski definition) is 7. The Bertz CT molecular complexity index is 1230. The molecule has 9 heteroatoms. The van der Waals surface area contributed by atoms with Gasteiger partial charge in [-0.3, -0.25) is 4.79 Å². The van der Waals surface area contributed by atoms with Crippen LogP contribution in [-0.2, 0) is 4.74 Å². The lowest BCUT2D eigenvalue weighted by atomic mass is 10.0. The number of ether oxygens (including phenoxy) is 1. The van der Waals surface area contributed by atoms with E-state index in [0.29, 0.717) is 23.9 Å². The van der Waals surface area contributed by atoms with Gasteiger partial charge in [-0.1, -0.05) is 12.1 Å². The van der Waals surface area contributed by atoms with Gasteiger partial charge < -0.3 is 25.4 Å². The molecule has 3 aromatic rings. The summed E-state index contributed by atoms with van der Waals surface area (Å²) in [6.07, 6.45) is 6.77. The molecule has 1 saturated heterocycles. The minimum Gasteiger partial charge on any atom is -0.396 e. The summed E-state index contributed by atoms with van der Waals surface area (Å²) >= 11 is 0. The molecule has 3 N–H and O–H groups in total. The summed E-state index contributed by atoms with van der Waals surface area (Å²) in [5.41, 5.74) is 4.31. The summed E-state index contributed by atoms with van der Waals surface area (Å²) in [6, 6.07) is 8.32. The van der Waals surface area contributed by atoms with E-state index in [2.05, 4.69) is 28.5 Å². The lowest BCUT2D eigenvalue weighted by Gasteiger charge is -2.25. The van der Waals surface area contributed by atoms with E-state index in [0.717, 1.165) is 92.5 Å². The molecule has 0 spiro atoms. The second-order valence-electron chi connectivity index (χ2n) is 10.2. The third-order valence-electron chi connectivity index (χ3n) is 7.36. The van der Waals surface area contributed by atoms with Crippen LogP contribution in [0.1, 0.15) is 54.9 Å². The van der Waals surface area contributed by atoms with Crippen LogP contribution in [0.25, 0.3) is 16.8 Å². The molecule has 1 amide bonds. The van der Waals surface area contributed by atoms with Crippen molar-refractivity contribution in [3.05, 3.63) is 41.6 Å². The Hall–Kier alpha value is -3.17. The highest BCUT2D eigenvalue weighted by Crippen LogP contribution is 2.30. The van der Waals surface area contributed by atoms with Crippen molar-refractivity contribution >= 4 is 23.2 Å². The van der Waals surface area contributed by atoms with E-state index in [9.17, 15) is 9.90 Å². The van der Waals surface area contributed by atoms with Crippen molar-refractivity contribution in [1.29, 1.82) is 0 Å². The minimum atomic E-state index is -0.00565. The summed E-state index contributed by atoms with van der Waals surface area (Å²) in [4.78, 5) is 19.8. The Kier molecular flexibility index (Phi) is 7.90. The van der Waals surface area contributed by atoms with Crippen LogP contribution in [0.4, 0.5) is 11.6 Å². The molecule has 1 aliphatic carbocycles. The van der Waals surface area contributed by atoms with Gasteiger partial charge in [0.2, 0.25) is 0 Å². The normalized spacial score (nSPS) is 16.2. The Balaban J connectivity index is 1.49. The van der Waals surface area contributed by atoms with Crippen LogP contribution in [0, 0.1) is 12.8 Å². The number of benzene rings is 1. The van der Waals surface area contributed by atoms with Gasteiger partial charge in [0.1, 0.15) is 11.6 Å². The summed E-state index contributed by atoms with van der Waals surface area (Å²) in [6.45, 7) is 8.21. The van der Waals surface area contributed by atoms with E-state index in [1.807, 2.05) is 35.8 Å². The van der Waals surface area contributed by atoms with Crippen molar-refractivity contribution in [2.75, 3.05) is 49.7 Å². The van der Waals surface area contributed by atoms with Gasteiger partial charge in [-0.2, -0.15) is 9.61 Å². The van der Waals surface area contributed by atoms with Crippen LogP contribution in [0.3, 0.4) is 0 Å². The fourth-order valence-electron chi connectivity index (χ4n) is 4.91. The van der Waals surface area contributed by atoms with Gasteiger partial charge in [0.15, 0.2) is 5.65 Å². The largest absolute Gasteiger partial charge is 0.396 e. The minimum absolute atomic E-state index is 0.00565. The number of carbonyl (C=O) groups excluding carboxylic acids is 1. The van der Waals surface area contributed by atoms with E-state index >= 15 is 0 Å². The van der Waals surface area contributed by atoms with Crippen LogP contribution >= 0.6 is 0 Å². The molecule has 0 bridgehead atoms. The second-order valence-corrected chi connectivity index (χ2v) is 10.2. The predicted molar refractivity (Wildman–Crippen MR) is 145 cm³/mol. The van der Waals surface area contributed by atoms with E-state index in [-0.39, 0.29) is 12.5 Å². The monoisotopic (exact) mass is 506 g/mol. The molecule has 9 nitrogen and oxygen atoms in total. The number of fused-ring (bicyclic) bond motifs is 1. The van der Waals surface area contributed by atoms with Gasteiger partial charge in [-0.05, 0) is 69.1 Å². The number of carbonyl (C=O) groups is 1. The molecule has 1 aromatic carbocycles. The van der Waals surface area contributed by atoms with Crippen molar-refractivity contribution in [3.8, 4) is 11.1 Å². The number of hydrogen-bond donors (Lipinski definition) is 3. The lowest BCUT2D eigenvalue weighted by Crippen LogP contribution is -2.27. The molecule has 3 heterocycles. The van der Waals surface area contributed by atoms with E-state index < -0.39 is 0 Å². The molecule has 2 fully saturated rings. The molecule has 1 saturated carbocycles. The van der Waals surface area contributed by atoms with Gasteiger partial charge in [0.25, 0.3) is 5.91 Å². The SMILES string of the molecule is CCN(CCCO)c1cc(NCC2CCOCC2)n2ncc(-c3ccc(C(=O)NC4CC4)c(C)c3)c2n1. The first-order valence-corrected chi connectivity index (χ1v) is 13.6. The van der Waals surface area contributed by atoms with Crippen LogP contribution in [0.5, 0.6) is 0 Å². The average molecular weight is 507 g/mol. The molecular weight excluding hydrogens is 468 g/mol. The van der Waals surface area contributed by atoms with Crippen LogP contribution in [-0.4, -0.2) is 71.1 Å². The number of aryl methyl sites for hydroxylation is 1. The molecule has 198 valence electrons. The van der Waals surface area contributed by atoms with E-state index in [1.165, 1.54) is 0 Å². The Labute approximate surface area is 218 Å². The molecular formula is C28H38N6O3. The predicted octanol–water partition coefficient (Wildman–Crippen LogP) is 3.64. The highest BCUT2D eigenvalue weighted by Gasteiger charge is 2.25. The summed E-state index contributed by atoms with van der Waals surface area (Å²) in [7, 11) is 0. The molecule has 2 aliphatic rings. The molecule has 2 aromatic heterocycles. The van der Waals surface area contributed by atoms with Crippen molar-refractivity contribution < 1.29 is 14.6 Å². The van der Waals surface area contributed by atoms with Crippen molar-refractivity contribution in [2.24, 2.45) is 5.92 Å². The van der Waals surface area contributed by atoms with Gasteiger partial charge >= 0.3 is 0 Å². The molecule has 1 aliphatic heterocycles. The summed E-state index contributed by atoms with van der Waals surface area (Å²) in [5, 5.41) is 20.8. The smallest absolute Gasteiger partial charge is 0.251 e. The number of aliphatic hydroxyl groups excluding tert-OH is 1. The average Bonchev–Trinajstić information content (AvgIpc) is 3.63. The van der Waals surface area contributed by atoms with E-state index in [4.69, 9.17) is 14.8 Å². The fourth-order valence-corrected chi connectivity index (χ4v) is 4.91. The van der Waals surface area contributed by atoms with Crippen molar-refractivity contribution in [1.82, 2.24) is 19.9 Å². The number of nitrogens with zero attached hydrogens (tertiary/aromatic N) is 4. The molecule has 0 unspecified atom stereocenters. The highest BCUT2D eigenvalue weighted by atomic mass is 16.5. The third-order valence-corrected chi connectivity index (χ3v) is 7.36. The molecule has 5 rings (SSSR count). The Morgan fingerprint density at radius 2 is 2.03 bits per heavy atom. The molecule has 37 heavy (non-hydrogen) atoms. The number of aromatic nitrogens is 3. The van der Waals surface area contributed by atoms with Gasteiger partial charge in [-0.15, -0.1) is 0 Å². The standard InChI is InChI=1S/C28H38N6O3/c1-3-33(11-4-12-35)26-16-25(29-17-20-9-13-37-14-10-20)34-27(32-26)24(18-30-34)21-5-8-23(19(2)15-21)28(36)31-22-6-7-22/h5,8,15-16,18,20,22,29,35H,3-4,6-7,9-14,17H2,1-2H3,(H,31,36). The second kappa shape index (κ2) is 11.5. The zero-order chi connectivity index (χ0) is 25.8. The molecule has 0 atom stereocenters. The Morgan fingerprint density at radius 3 is 2.73 bits per heavy atom. The zero-order valence-corrected chi connectivity index (χ0v) is 21.9. The highest BCUT2D eigenvalue weighted by molar-refractivity contribution is 5.97. The third kappa shape index (κ3) is 5.88. The molecule has 0 radical (unpaired) electrons. The number of anilines is 2. The number of amides is 1. The number of aliphatic hydroxyl groups is 1. The first kappa shape index (κ1) is 25.5. The van der Waals surface area contributed by atoms with Crippen molar-refractivity contribution in [2.45, 2.75) is 52.0 Å². The zero-order valence-electron chi connectivity index (χ0n) is 21.9. The van der Waals surface area contributed by atoms with Gasteiger partial charge in [-0.25, -0.2) is 4.98 Å². The maximum absolute atomic E-state index is 12.6. The van der Waals surface area contributed by atoms with Crippen LogP contribution in [0.2, 0.25) is 0 Å². The fraction of sp³-hybridized carbons (Fsp3) is 0.536. The first-order chi connectivity index (χ1) is 18.1. The number of nitrogens with one attached hydrogen (secondary N) is 2. The maximum Gasteiger partial charge on any atom is 0.251 e. The topological polar surface area (TPSA) is 104 Å². The van der Waals surface area contributed by atoms with Gasteiger partial charge in [0.05, 0.1) is 6.20 Å². The van der Waals surface area contributed by atoms with E-state index in [1.54, 1.807) is 0 Å². The summed E-state index contributed by atoms with van der Waals surface area (Å²) in [5.74, 6) is 2.31. The van der Waals surface area contributed by atoms with Crippen LogP contribution < -0.4 is 15.5 Å². The first-order valence-electron chi connectivity index (χ1n) is 13.6. The van der Waals surface area contributed by atoms with Crippen molar-refractivity contribution in [3.63, 3.8) is 0 Å². The summed E-state index contributed by atoms with van der Waals surface area (Å²) < 4.78 is 7.40. The number of rotatable bonds is 11.